The van der Waals surface area contributed by atoms with E-state index in [2.05, 4.69) is 5.32 Å². The molecule has 0 bridgehead atoms. The molecule has 3 rings (SSSR count). The van der Waals surface area contributed by atoms with Crippen LogP contribution in [-0.4, -0.2) is 29.4 Å². The second kappa shape index (κ2) is 8.15. The van der Waals surface area contributed by atoms with Gasteiger partial charge in [0.15, 0.2) is 11.7 Å². The van der Waals surface area contributed by atoms with Crippen LogP contribution < -0.4 is 20.7 Å². The van der Waals surface area contributed by atoms with E-state index in [1.165, 1.54) is 18.2 Å². The predicted octanol–water partition coefficient (Wildman–Crippen LogP) is 1.66. The molecule has 2 aromatic rings. The van der Waals surface area contributed by atoms with Crippen molar-refractivity contribution >= 4 is 46.8 Å². The normalized spacial score (nSPS) is 15.4. The van der Waals surface area contributed by atoms with Crippen molar-refractivity contribution in [2.75, 3.05) is 11.5 Å². The van der Waals surface area contributed by atoms with Crippen LogP contribution in [0.5, 0.6) is 5.75 Å². The number of rotatable bonds is 5. The molecule has 7 nitrogen and oxygen atoms in total. The number of nitrogens with zero attached hydrogens (tertiary/aromatic N) is 1. The quantitative estimate of drug-likeness (QED) is 0.438. The zero-order valence-corrected chi connectivity index (χ0v) is 15.5. The van der Waals surface area contributed by atoms with Gasteiger partial charge < -0.3 is 10.5 Å². The first kappa shape index (κ1) is 20.1. The van der Waals surface area contributed by atoms with Crippen molar-refractivity contribution in [3.8, 4) is 5.75 Å². The second-order valence-electron chi connectivity index (χ2n) is 5.88. The lowest BCUT2D eigenvalue weighted by Gasteiger charge is -2.29. The molecule has 0 aromatic heterocycles. The molecule has 0 radical (unpaired) electrons. The molecule has 0 saturated carbocycles. The highest BCUT2D eigenvalue weighted by molar-refractivity contribution is 7.80. The SMILES string of the molecule is NC(=O)COc1ccc(/C=C2/C(=O)NC(=S)N(c3ccc(F)cc3F)C2=O)cc1. The Morgan fingerprint density at radius 2 is 1.86 bits per heavy atom. The van der Waals surface area contributed by atoms with Gasteiger partial charge in [0.25, 0.3) is 17.7 Å². The maximum Gasteiger partial charge on any atom is 0.270 e. The van der Waals surface area contributed by atoms with E-state index in [-0.39, 0.29) is 23.0 Å². The third-order valence-electron chi connectivity index (χ3n) is 3.82. The van der Waals surface area contributed by atoms with Gasteiger partial charge in [-0.3, -0.25) is 19.7 Å². The van der Waals surface area contributed by atoms with Crippen LogP contribution in [0.1, 0.15) is 5.56 Å². The topological polar surface area (TPSA) is 102 Å². The molecule has 0 unspecified atom stereocenters. The minimum Gasteiger partial charge on any atom is -0.484 e. The first-order valence-electron chi connectivity index (χ1n) is 8.14. The van der Waals surface area contributed by atoms with E-state index in [0.717, 1.165) is 17.0 Å². The van der Waals surface area contributed by atoms with Crippen molar-refractivity contribution < 1.29 is 27.9 Å². The maximum atomic E-state index is 14.1. The van der Waals surface area contributed by atoms with Crippen LogP contribution >= 0.6 is 12.2 Å². The van der Waals surface area contributed by atoms with Gasteiger partial charge in [-0.1, -0.05) is 12.1 Å². The minimum atomic E-state index is -1.01. The zero-order valence-electron chi connectivity index (χ0n) is 14.6. The fourth-order valence-electron chi connectivity index (χ4n) is 2.52. The Labute approximate surface area is 168 Å². The van der Waals surface area contributed by atoms with E-state index in [0.29, 0.717) is 17.4 Å². The van der Waals surface area contributed by atoms with Gasteiger partial charge in [0.1, 0.15) is 23.0 Å². The van der Waals surface area contributed by atoms with E-state index in [4.69, 9.17) is 22.7 Å². The molecule has 10 heteroatoms. The summed E-state index contributed by atoms with van der Waals surface area (Å²) in [4.78, 5) is 36.6. The molecule has 1 heterocycles. The number of hydrogen-bond acceptors (Lipinski definition) is 5. The monoisotopic (exact) mass is 417 g/mol. The van der Waals surface area contributed by atoms with E-state index in [1.54, 1.807) is 12.1 Å². The highest BCUT2D eigenvalue weighted by atomic mass is 32.1. The number of carbonyl (C=O) groups is 3. The van der Waals surface area contributed by atoms with Crippen molar-refractivity contribution in [3.05, 3.63) is 65.2 Å². The highest BCUT2D eigenvalue weighted by Gasteiger charge is 2.35. The molecule has 3 N–H and O–H groups in total. The standard InChI is InChI=1S/C19H13F2N3O4S/c20-11-3-6-15(14(21)8-11)24-18(27)13(17(26)23-19(24)29)7-10-1-4-12(5-2-10)28-9-16(22)25/h1-8H,9H2,(H2,22,25)(H,23,26,29)/b13-7-. The average molecular weight is 417 g/mol. The Kier molecular flexibility index (Phi) is 5.64. The van der Waals surface area contributed by atoms with E-state index in [1.807, 2.05) is 0 Å². The van der Waals surface area contributed by atoms with Gasteiger partial charge in [-0.2, -0.15) is 0 Å². The smallest absolute Gasteiger partial charge is 0.270 e. The summed E-state index contributed by atoms with van der Waals surface area (Å²) >= 11 is 4.97. The van der Waals surface area contributed by atoms with Crippen LogP contribution in [0.3, 0.4) is 0 Å². The molecule has 148 valence electrons. The second-order valence-corrected chi connectivity index (χ2v) is 6.26. The number of primary amides is 1. The number of nitrogens with one attached hydrogen (secondary N) is 1. The Morgan fingerprint density at radius 1 is 1.17 bits per heavy atom. The van der Waals surface area contributed by atoms with Crippen LogP contribution in [0.15, 0.2) is 48.0 Å². The van der Waals surface area contributed by atoms with Gasteiger partial charge in [-0.15, -0.1) is 0 Å². The average Bonchev–Trinajstić information content (AvgIpc) is 2.66. The molecule has 0 atom stereocenters. The third kappa shape index (κ3) is 4.43. The molecule has 1 fully saturated rings. The van der Waals surface area contributed by atoms with Crippen molar-refractivity contribution in [2.45, 2.75) is 0 Å². The number of benzene rings is 2. The van der Waals surface area contributed by atoms with E-state index in [9.17, 15) is 23.2 Å². The number of anilines is 1. The molecule has 1 aliphatic heterocycles. The Balaban J connectivity index is 1.90. The molecule has 2 aromatic carbocycles. The minimum absolute atomic E-state index is 0.289. The van der Waals surface area contributed by atoms with Crippen molar-refractivity contribution in [1.29, 1.82) is 0 Å². The molecule has 1 saturated heterocycles. The Hall–Kier alpha value is -3.66. The van der Waals surface area contributed by atoms with Gasteiger partial charge >= 0.3 is 0 Å². The van der Waals surface area contributed by atoms with Gasteiger partial charge in [0.05, 0.1) is 5.69 Å². The van der Waals surface area contributed by atoms with Gasteiger partial charge in [-0.05, 0) is 48.1 Å². The number of carbonyl (C=O) groups excluding carboxylic acids is 3. The fourth-order valence-corrected chi connectivity index (χ4v) is 2.79. The number of thiocarbonyl (C=S) groups is 1. The summed E-state index contributed by atoms with van der Waals surface area (Å²) < 4.78 is 32.4. The third-order valence-corrected chi connectivity index (χ3v) is 4.11. The number of nitrogens with two attached hydrogens (primary N) is 1. The molecular formula is C19H13F2N3O4S. The van der Waals surface area contributed by atoms with Gasteiger partial charge in [-0.25, -0.2) is 13.7 Å². The number of hydrogen-bond donors (Lipinski definition) is 2. The lowest BCUT2D eigenvalue weighted by atomic mass is 10.1. The molecule has 3 amide bonds. The summed E-state index contributed by atoms with van der Waals surface area (Å²) in [6.07, 6.45) is 1.28. The van der Waals surface area contributed by atoms with Crippen LogP contribution in [0.25, 0.3) is 6.08 Å². The largest absolute Gasteiger partial charge is 0.484 e. The summed E-state index contributed by atoms with van der Waals surface area (Å²) in [5.74, 6) is -3.72. The Morgan fingerprint density at radius 3 is 2.48 bits per heavy atom. The lowest BCUT2D eigenvalue weighted by Crippen LogP contribution is -2.54. The Bertz CT molecular complexity index is 1050. The van der Waals surface area contributed by atoms with Crippen molar-refractivity contribution in [2.24, 2.45) is 5.73 Å². The summed E-state index contributed by atoms with van der Waals surface area (Å²) in [6.45, 7) is -0.295. The molecule has 0 spiro atoms. The first-order valence-corrected chi connectivity index (χ1v) is 8.55. The van der Waals surface area contributed by atoms with Crippen LogP contribution in [0.2, 0.25) is 0 Å². The summed E-state index contributed by atoms with van der Waals surface area (Å²) in [6, 6.07) is 8.74. The van der Waals surface area contributed by atoms with E-state index >= 15 is 0 Å². The van der Waals surface area contributed by atoms with Crippen molar-refractivity contribution in [1.82, 2.24) is 5.32 Å². The number of ether oxygens (including phenoxy) is 1. The highest BCUT2D eigenvalue weighted by Crippen LogP contribution is 2.25. The van der Waals surface area contributed by atoms with Crippen LogP contribution in [0.4, 0.5) is 14.5 Å². The fraction of sp³-hybridized carbons (Fsp3) is 0.0526. The first-order chi connectivity index (χ1) is 13.8. The maximum absolute atomic E-state index is 14.1. The number of amides is 3. The van der Waals surface area contributed by atoms with Crippen LogP contribution in [0, 0.1) is 11.6 Å². The summed E-state index contributed by atoms with van der Waals surface area (Å²) in [7, 11) is 0. The van der Waals surface area contributed by atoms with Crippen molar-refractivity contribution in [3.63, 3.8) is 0 Å². The van der Waals surface area contributed by atoms with E-state index < -0.39 is 29.4 Å². The summed E-state index contributed by atoms with van der Waals surface area (Å²) in [5, 5.41) is 1.99. The lowest BCUT2D eigenvalue weighted by molar-refractivity contribution is -0.122. The van der Waals surface area contributed by atoms with Gasteiger partial charge in [0.2, 0.25) is 0 Å². The summed E-state index contributed by atoms with van der Waals surface area (Å²) in [5.41, 5.74) is 4.87. The predicted molar refractivity (Wildman–Crippen MR) is 104 cm³/mol. The molecule has 1 aliphatic rings. The van der Waals surface area contributed by atoms with Gasteiger partial charge in [0, 0.05) is 6.07 Å². The molecular weight excluding hydrogens is 404 g/mol. The molecule has 0 aliphatic carbocycles. The molecule has 29 heavy (non-hydrogen) atoms. The number of halogens is 2. The zero-order chi connectivity index (χ0) is 21.1. The van der Waals surface area contributed by atoms with Crippen LogP contribution in [-0.2, 0) is 14.4 Å².